The van der Waals surface area contributed by atoms with Crippen molar-refractivity contribution in [1.82, 2.24) is 9.55 Å². The highest BCUT2D eigenvalue weighted by Crippen LogP contribution is 2.28. The van der Waals surface area contributed by atoms with Crippen LogP contribution in [0.1, 0.15) is 5.82 Å². The highest BCUT2D eigenvalue weighted by atomic mass is 16.5. The van der Waals surface area contributed by atoms with E-state index >= 15 is 0 Å². The van der Waals surface area contributed by atoms with Crippen molar-refractivity contribution >= 4 is 0 Å². The average molecular weight is 218 g/mol. The van der Waals surface area contributed by atoms with Crippen molar-refractivity contribution in [3.05, 3.63) is 36.4 Å². The Kier molecular flexibility index (Phi) is 2.81. The summed E-state index contributed by atoms with van der Waals surface area (Å²) in [5, 5.41) is 0. The lowest BCUT2D eigenvalue weighted by Crippen LogP contribution is -1.99. The van der Waals surface area contributed by atoms with Crippen LogP contribution in [-0.4, -0.2) is 23.8 Å². The molecule has 1 aromatic carbocycles. The Bertz CT molecular complexity index is 492. The molecule has 0 spiro atoms. The molecule has 0 N–H and O–H groups in total. The molecule has 0 fully saturated rings. The van der Waals surface area contributed by atoms with E-state index in [4.69, 9.17) is 9.47 Å². The van der Waals surface area contributed by atoms with Gasteiger partial charge >= 0.3 is 0 Å². The molecular formula is C12H14N2O2. The van der Waals surface area contributed by atoms with Crippen LogP contribution in [-0.2, 0) is 0 Å². The number of benzene rings is 1. The number of imidazole rings is 1. The third-order valence-electron chi connectivity index (χ3n) is 2.47. The summed E-state index contributed by atoms with van der Waals surface area (Å²) >= 11 is 0. The summed E-state index contributed by atoms with van der Waals surface area (Å²) in [4.78, 5) is 4.19. The molecule has 2 rings (SSSR count). The summed E-state index contributed by atoms with van der Waals surface area (Å²) in [6, 6.07) is 5.71. The molecule has 0 amide bonds. The lowest BCUT2D eigenvalue weighted by Gasteiger charge is -2.11. The van der Waals surface area contributed by atoms with E-state index in [0.717, 1.165) is 23.0 Å². The summed E-state index contributed by atoms with van der Waals surface area (Å²) in [6.45, 7) is 1.95. The van der Waals surface area contributed by atoms with Gasteiger partial charge in [-0.3, -0.25) is 0 Å². The van der Waals surface area contributed by atoms with Crippen LogP contribution >= 0.6 is 0 Å². The maximum atomic E-state index is 5.34. The van der Waals surface area contributed by atoms with Gasteiger partial charge in [0, 0.05) is 18.5 Å². The van der Waals surface area contributed by atoms with E-state index in [1.807, 2.05) is 35.9 Å². The molecule has 1 aromatic heterocycles. The maximum Gasteiger partial charge on any atom is 0.146 e. The first-order valence-corrected chi connectivity index (χ1v) is 4.98. The van der Waals surface area contributed by atoms with E-state index in [1.54, 1.807) is 20.4 Å². The fourth-order valence-electron chi connectivity index (χ4n) is 1.62. The first kappa shape index (κ1) is 10.5. The number of ether oxygens (including phenoxy) is 2. The van der Waals surface area contributed by atoms with Crippen LogP contribution in [0.4, 0.5) is 0 Å². The molecule has 0 saturated heterocycles. The van der Waals surface area contributed by atoms with Crippen LogP contribution in [0.5, 0.6) is 11.5 Å². The maximum absolute atomic E-state index is 5.34. The lowest BCUT2D eigenvalue weighted by atomic mass is 10.2. The second-order valence-electron chi connectivity index (χ2n) is 3.38. The monoisotopic (exact) mass is 218 g/mol. The Hall–Kier alpha value is -1.97. The minimum Gasteiger partial charge on any atom is -0.497 e. The first-order chi connectivity index (χ1) is 7.76. The molecule has 0 bridgehead atoms. The SMILES string of the molecule is COc1ccc(-n2ccnc2C)c(OC)c1. The number of hydrogen-bond acceptors (Lipinski definition) is 3. The standard InChI is InChI=1S/C12H14N2O2/c1-9-13-6-7-14(9)11-5-4-10(15-2)8-12(11)16-3/h4-8H,1-3H3. The van der Waals surface area contributed by atoms with Crippen LogP contribution < -0.4 is 9.47 Å². The molecule has 2 aromatic rings. The van der Waals surface area contributed by atoms with Crippen LogP contribution in [0.25, 0.3) is 5.69 Å². The predicted octanol–water partition coefficient (Wildman–Crippen LogP) is 2.20. The van der Waals surface area contributed by atoms with Crippen molar-refractivity contribution in [3.63, 3.8) is 0 Å². The lowest BCUT2D eigenvalue weighted by molar-refractivity contribution is 0.393. The van der Waals surface area contributed by atoms with Gasteiger partial charge < -0.3 is 14.0 Å². The van der Waals surface area contributed by atoms with Gasteiger partial charge in [0.05, 0.1) is 19.9 Å². The molecule has 0 radical (unpaired) electrons. The zero-order valence-electron chi connectivity index (χ0n) is 9.60. The van der Waals surface area contributed by atoms with Gasteiger partial charge in [-0.1, -0.05) is 0 Å². The van der Waals surface area contributed by atoms with E-state index in [9.17, 15) is 0 Å². The fourth-order valence-corrected chi connectivity index (χ4v) is 1.62. The quantitative estimate of drug-likeness (QED) is 0.792. The van der Waals surface area contributed by atoms with Crippen molar-refractivity contribution in [3.8, 4) is 17.2 Å². The number of aryl methyl sites for hydroxylation is 1. The molecular weight excluding hydrogens is 204 g/mol. The molecule has 0 aliphatic carbocycles. The summed E-state index contributed by atoms with van der Waals surface area (Å²) in [5.74, 6) is 2.46. The highest BCUT2D eigenvalue weighted by Gasteiger charge is 2.08. The van der Waals surface area contributed by atoms with Crippen molar-refractivity contribution in [2.45, 2.75) is 6.92 Å². The second-order valence-corrected chi connectivity index (χ2v) is 3.38. The molecule has 0 aliphatic heterocycles. The van der Waals surface area contributed by atoms with Gasteiger partial charge in [-0.15, -0.1) is 0 Å². The number of nitrogens with zero attached hydrogens (tertiary/aromatic N) is 2. The minimum atomic E-state index is 0.764. The third kappa shape index (κ3) is 1.74. The van der Waals surface area contributed by atoms with E-state index in [2.05, 4.69) is 4.98 Å². The molecule has 0 atom stereocenters. The van der Waals surface area contributed by atoms with Gasteiger partial charge in [0.25, 0.3) is 0 Å². The van der Waals surface area contributed by atoms with Crippen LogP contribution in [0.3, 0.4) is 0 Å². The van der Waals surface area contributed by atoms with Gasteiger partial charge in [-0.25, -0.2) is 4.98 Å². The summed E-state index contributed by atoms with van der Waals surface area (Å²) in [5.41, 5.74) is 0.957. The van der Waals surface area contributed by atoms with Gasteiger partial charge in [-0.05, 0) is 19.1 Å². The minimum absolute atomic E-state index is 0.764. The largest absolute Gasteiger partial charge is 0.497 e. The van der Waals surface area contributed by atoms with Crippen molar-refractivity contribution in [2.75, 3.05) is 14.2 Å². The number of aromatic nitrogens is 2. The van der Waals surface area contributed by atoms with Gasteiger partial charge in [-0.2, -0.15) is 0 Å². The number of methoxy groups -OCH3 is 2. The molecule has 0 unspecified atom stereocenters. The number of rotatable bonds is 3. The van der Waals surface area contributed by atoms with Crippen LogP contribution in [0.2, 0.25) is 0 Å². The molecule has 16 heavy (non-hydrogen) atoms. The Labute approximate surface area is 94.4 Å². The number of hydrogen-bond donors (Lipinski definition) is 0. The molecule has 1 heterocycles. The van der Waals surface area contributed by atoms with E-state index in [1.165, 1.54) is 0 Å². The summed E-state index contributed by atoms with van der Waals surface area (Å²) < 4.78 is 12.5. The van der Waals surface area contributed by atoms with Crippen LogP contribution in [0, 0.1) is 6.92 Å². The van der Waals surface area contributed by atoms with E-state index in [0.29, 0.717) is 0 Å². The second kappa shape index (κ2) is 4.26. The smallest absolute Gasteiger partial charge is 0.146 e. The Morgan fingerprint density at radius 1 is 1.19 bits per heavy atom. The Morgan fingerprint density at radius 2 is 2.00 bits per heavy atom. The van der Waals surface area contributed by atoms with E-state index in [-0.39, 0.29) is 0 Å². The zero-order valence-corrected chi connectivity index (χ0v) is 9.60. The first-order valence-electron chi connectivity index (χ1n) is 4.98. The van der Waals surface area contributed by atoms with Gasteiger partial charge in [0.1, 0.15) is 17.3 Å². The van der Waals surface area contributed by atoms with E-state index < -0.39 is 0 Å². The third-order valence-corrected chi connectivity index (χ3v) is 2.47. The molecule has 0 saturated carbocycles. The normalized spacial score (nSPS) is 10.2. The molecule has 84 valence electrons. The van der Waals surface area contributed by atoms with Gasteiger partial charge in [0.2, 0.25) is 0 Å². The average Bonchev–Trinajstić information content (AvgIpc) is 2.74. The van der Waals surface area contributed by atoms with Gasteiger partial charge in [0.15, 0.2) is 0 Å². The van der Waals surface area contributed by atoms with Crippen LogP contribution in [0.15, 0.2) is 30.6 Å². The summed E-state index contributed by atoms with van der Waals surface area (Å²) in [6.07, 6.45) is 3.67. The predicted molar refractivity (Wildman–Crippen MR) is 61.4 cm³/mol. The van der Waals surface area contributed by atoms with Crippen molar-refractivity contribution < 1.29 is 9.47 Å². The van der Waals surface area contributed by atoms with Crippen molar-refractivity contribution in [2.24, 2.45) is 0 Å². The van der Waals surface area contributed by atoms with Crippen molar-refractivity contribution in [1.29, 1.82) is 0 Å². The Morgan fingerprint density at radius 3 is 2.56 bits per heavy atom. The molecule has 4 heteroatoms. The summed E-state index contributed by atoms with van der Waals surface area (Å²) in [7, 11) is 3.28. The zero-order chi connectivity index (χ0) is 11.5. The molecule has 4 nitrogen and oxygen atoms in total. The topological polar surface area (TPSA) is 36.3 Å². The fraction of sp³-hybridized carbons (Fsp3) is 0.250. The highest BCUT2D eigenvalue weighted by molar-refractivity contribution is 5.51. The molecule has 0 aliphatic rings. The Balaban J connectivity index is 2.53.